The molecule has 0 aliphatic carbocycles. The van der Waals surface area contributed by atoms with Crippen LogP contribution in [0, 0.1) is 13.8 Å². The normalized spacial score (nSPS) is 22.5. The van der Waals surface area contributed by atoms with Crippen LogP contribution >= 0.6 is 11.8 Å². The highest BCUT2D eigenvalue weighted by molar-refractivity contribution is 8.16. The van der Waals surface area contributed by atoms with Crippen LogP contribution in [0.5, 0.6) is 0 Å². The van der Waals surface area contributed by atoms with Crippen LogP contribution in [0.15, 0.2) is 47.5 Å². The summed E-state index contributed by atoms with van der Waals surface area (Å²) < 4.78 is 24.8. The van der Waals surface area contributed by atoms with E-state index in [1.54, 1.807) is 0 Å². The summed E-state index contributed by atoms with van der Waals surface area (Å²) in [7, 11) is -3.10. The number of amides is 1. The average molecular weight is 486 g/mol. The Morgan fingerprint density at radius 1 is 1.12 bits per heavy atom. The summed E-state index contributed by atoms with van der Waals surface area (Å²) in [5, 5.41) is 0.499. The highest BCUT2D eigenvalue weighted by Gasteiger charge is 2.49. The Labute approximate surface area is 201 Å². The monoisotopic (exact) mass is 485 g/mol. The summed E-state index contributed by atoms with van der Waals surface area (Å²) in [4.78, 5) is 21.6. The second-order valence-electron chi connectivity index (χ2n) is 8.77. The van der Waals surface area contributed by atoms with Crippen molar-refractivity contribution in [1.29, 1.82) is 0 Å². The van der Waals surface area contributed by atoms with Crippen LogP contribution in [0.4, 0.5) is 11.4 Å². The average Bonchev–Trinajstić information content (AvgIpc) is 3.20. The van der Waals surface area contributed by atoms with Crippen molar-refractivity contribution in [2.24, 2.45) is 4.99 Å². The number of rotatable bonds is 6. The number of nitrogens with zero attached hydrogens (tertiary/aromatic N) is 3. The number of carbonyl (C=O) groups excluding carboxylic acids is 1. The van der Waals surface area contributed by atoms with E-state index in [0.29, 0.717) is 5.17 Å². The second kappa shape index (κ2) is 9.50. The van der Waals surface area contributed by atoms with Gasteiger partial charge in [-0.1, -0.05) is 41.6 Å². The lowest BCUT2D eigenvalue weighted by atomic mass is 10.1. The minimum Gasteiger partial charge on any atom is -0.372 e. The Morgan fingerprint density at radius 3 is 2.55 bits per heavy atom. The zero-order chi connectivity index (χ0) is 23.8. The number of amidine groups is 1. The summed E-state index contributed by atoms with van der Waals surface area (Å²) >= 11 is 1.42. The molecule has 6 nitrogen and oxygen atoms in total. The molecule has 2 atom stereocenters. The smallest absolute Gasteiger partial charge is 0.252 e. The molecule has 2 aliphatic heterocycles. The van der Waals surface area contributed by atoms with Gasteiger partial charge in [-0.15, -0.1) is 0 Å². The van der Waals surface area contributed by atoms with Gasteiger partial charge in [-0.3, -0.25) is 4.79 Å². The van der Waals surface area contributed by atoms with Gasteiger partial charge in [0.15, 0.2) is 15.0 Å². The van der Waals surface area contributed by atoms with Gasteiger partial charge in [-0.2, -0.15) is 4.99 Å². The first-order valence-electron chi connectivity index (χ1n) is 11.4. The molecule has 2 heterocycles. The Hall–Kier alpha value is -2.32. The van der Waals surface area contributed by atoms with Crippen molar-refractivity contribution in [2.45, 2.75) is 45.4 Å². The van der Waals surface area contributed by atoms with Gasteiger partial charge in [0.1, 0.15) is 0 Å². The zero-order valence-corrected chi connectivity index (χ0v) is 21.2. The number of fused-ring (bicyclic) bond motifs is 1. The second-order valence-corrected chi connectivity index (χ2v) is 12.1. The van der Waals surface area contributed by atoms with Crippen LogP contribution in [-0.4, -0.2) is 55.4 Å². The molecule has 8 heteroatoms. The van der Waals surface area contributed by atoms with Crippen LogP contribution in [0.3, 0.4) is 0 Å². The van der Waals surface area contributed by atoms with Gasteiger partial charge in [-0.05, 0) is 57.0 Å². The number of thioether (sulfide) groups is 1. The molecule has 2 aliphatic rings. The fourth-order valence-electron chi connectivity index (χ4n) is 4.68. The lowest BCUT2D eigenvalue weighted by molar-refractivity contribution is -0.117. The first kappa shape index (κ1) is 23.8. The standard InChI is InChI=1S/C25H31N3O3S2/c1-5-27(6-2)20-10-11-21(18(4)13-20)28-22-15-33(30,31)16-23(22)32-25(28)26-24(29)14-19-9-7-8-17(3)12-19/h7-13,22-23H,5-6,14-16H2,1-4H3. The Morgan fingerprint density at radius 2 is 1.88 bits per heavy atom. The molecule has 2 aromatic carbocycles. The SMILES string of the molecule is CCN(CC)c1ccc(N2C(=NC(=O)Cc3cccc(C)c3)SC3CS(=O)(=O)CC32)c(C)c1. The van der Waals surface area contributed by atoms with Crippen LogP contribution in [0.2, 0.25) is 0 Å². The molecule has 2 fully saturated rings. The molecule has 0 radical (unpaired) electrons. The number of aryl methyl sites for hydroxylation is 2. The number of hydrogen-bond acceptors (Lipinski definition) is 5. The summed E-state index contributed by atoms with van der Waals surface area (Å²) in [5.74, 6) is 0.00127. The fraction of sp³-hybridized carbons (Fsp3) is 0.440. The predicted octanol–water partition coefficient (Wildman–Crippen LogP) is 3.99. The summed E-state index contributed by atoms with van der Waals surface area (Å²) in [6.45, 7) is 10.1. The third-order valence-electron chi connectivity index (χ3n) is 6.29. The van der Waals surface area contributed by atoms with Gasteiger partial charge in [0.05, 0.1) is 24.0 Å². The maximum absolute atomic E-state index is 12.9. The number of carbonyl (C=O) groups is 1. The molecule has 2 aromatic rings. The van der Waals surface area contributed by atoms with E-state index < -0.39 is 9.84 Å². The number of hydrogen-bond donors (Lipinski definition) is 0. The van der Waals surface area contributed by atoms with Gasteiger partial charge in [-0.25, -0.2) is 8.42 Å². The largest absolute Gasteiger partial charge is 0.372 e. The molecule has 0 N–H and O–H groups in total. The van der Waals surface area contributed by atoms with Crippen molar-refractivity contribution >= 4 is 44.0 Å². The summed E-state index contributed by atoms with van der Waals surface area (Å²) in [5.41, 5.74) is 5.14. The van der Waals surface area contributed by atoms with Crippen molar-refractivity contribution in [3.8, 4) is 0 Å². The van der Waals surface area contributed by atoms with Gasteiger partial charge in [0.2, 0.25) is 0 Å². The summed E-state index contributed by atoms with van der Waals surface area (Å²) in [6.07, 6.45) is 0.229. The van der Waals surface area contributed by atoms with Crippen molar-refractivity contribution in [3.05, 3.63) is 59.2 Å². The van der Waals surface area contributed by atoms with Crippen molar-refractivity contribution in [1.82, 2.24) is 0 Å². The van der Waals surface area contributed by atoms with E-state index in [0.717, 1.165) is 41.2 Å². The van der Waals surface area contributed by atoms with E-state index in [9.17, 15) is 13.2 Å². The van der Waals surface area contributed by atoms with E-state index in [4.69, 9.17) is 0 Å². The molecule has 2 unspecified atom stereocenters. The molecule has 0 bridgehead atoms. The molecule has 176 valence electrons. The fourth-order valence-corrected chi connectivity index (χ4v) is 8.61. The quantitative estimate of drug-likeness (QED) is 0.616. The van der Waals surface area contributed by atoms with Crippen molar-refractivity contribution in [2.75, 3.05) is 34.4 Å². The maximum Gasteiger partial charge on any atom is 0.252 e. The number of aliphatic imine (C=N–C) groups is 1. The maximum atomic E-state index is 12.9. The van der Waals surface area contributed by atoms with E-state index >= 15 is 0 Å². The third-order valence-corrected chi connectivity index (χ3v) is 9.50. The van der Waals surface area contributed by atoms with Crippen LogP contribution < -0.4 is 9.80 Å². The third kappa shape index (κ3) is 5.11. The minimum absolute atomic E-state index is 0.0903. The first-order valence-corrected chi connectivity index (χ1v) is 14.1. The number of anilines is 2. The molecule has 0 aromatic heterocycles. The molecule has 0 saturated carbocycles. The van der Waals surface area contributed by atoms with Crippen molar-refractivity contribution < 1.29 is 13.2 Å². The van der Waals surface area contributed by atoms with E-state index in [1.165, 1.54) is 11.8 Å². The van der Waals surface area contributed by atoms with Gasteiger partial charge < -0.3 is 9.80 Å². The van der Waals surface area contributed by atoms with Gasteiger partial charge >= 0.3 is 0 Å². The highest BCUT2D eigenvalue weighted by atomic mass is 32.2. The lowest BCUT2D eigenvalue weighted by Gasteiger charge is -2.28. The predicted molar refractivity (Wildman–Crippen MR) is 138 cm³/mol. The molecule has 0 spiro atoms. The molecule has 4 rings (SSSR count). The van der Waals surface area contributed by atoms with Crippen LogP contribution in [0.1, 0.15) is 30.5 Å². The molecular formula is C25H31N3O3S2. The van der Waals surface area contributed by atoms with Crippen LogP contribution in [0.25, 0.3) is 0 Å². The molecule has 1 amide bonds. The van der Waals surface area contributed by atoms with E-state index in [1.807, 2.05) is 49.1 Å². The topological polar surface area (TPSA) is 70.0 Å². The molecular weight excluding hydrogens is 454 g/mol. The van der Waals surface area contributed by atoms with Gasteiger partial charge in [0, 0.05) is 29.7 Å². The molecule has 2 saturated heterocycles. The first-order chi connectivity index (χ1) is 15.7. The molecule has 33 heavy (non-hydrogen) atoms. The Balaban J connectivity index is 1.67. The Kier molecular flexibility index (Phi) is 6.86. The lowest BCUT2D eigenvalue weighted by Crippen LogP contribution is -2.38. The summed E-state index contributed by atoms with van der Waals surface area (Å²) in [6, 6.07) is 13.9. The van der Waals surface area contributed by atoms with E-state index in [2.05, 4.69) is 35.9 Å². The van der Waals surface area contributed by atoms with Crippen LogP contribution in [-0.2, 0) is 21.1 Å². The number of benzene rings is 2. The van der Waals surface area contributed by atoms with E-state index in [-0.39, 0.29) is 35.1 Å². The minimum atomic E-state index is -3.10. The van der Waals surface area contributed by atoms with Gasteiger partial charge in [0.25, 0.3) is 5.91 Å². The van der Waals surface area contributed by atoms with Crippen molar-refractivity contribution in [3.63, 3.8) is 0 Å². The zero-order valence-electron chi connectivity index (χ0n) is 19.6. The highest BCUT2D eigenvalue weighted by Crippen LogP contribution is 2.42. The number of sulfone groups is 1. The Bertz CT molecular complexity index is 1190.